The summed E-state index contributed by atoms with van der Waals surface area (Å²) >= 11 is 0. The number of aromatic nitrogens is 2. The molecule has 2 bridgehead atoms. The van der Waals surface area contributed by atoms with Gasteiger partial charge >= 0.3 is 5.97 Å². The zero-order chi connectivity index (χ0) is 19.2. The average Bonchev–Trinajstić information content (AvgIpc) is 3.16. The standard InChI is InChI=1S/C20H24N4O3/c1-3-27-20(26)16-7-5-4-6-13(12-25)19-22-11-18(24-19)15-9-8-14(21-2)10-17(15)23-16/h4-5,8-13,16,21,23H,3,6-7H2,1-2H3,(H,22,24)/b5-4+. The van der Waals surface area contributed by atoms with E-state index >= 15 is 0 Å². The van der Waals surface area contributed by atoms with Gasteiger partial charge in [0.05, 0.1) is 24.4 Å². The highest BCUT2D eigenvalue weighted by atomic mass is 16.5. The van der Waals surface area contributed by atoms with Crippen molar-refractivity contribution in [2.45, 2.75) is 31.7 Å². The van der Waals surface area contributed by atoms with E-state index in [-0.39, 0.29) is 11.9 Å². The highest BCUT2D eigenvalue weighted by molar-refractivity contribution is 5.85. The lowest BCUT2D eigenvalue weighted by molar-refractivity contribution is -0.143. The Morgan fingerprint density at radius 2 is 2.19 bits per heavy atom. The molecule has 2 aromatic rings. The van der Waals surface area contributed by atoms with Gasteiger partial charge in [-0.2, -0.15) is 0 Å². The van der Waals surface area contributed by atoms with Crippen LogP contribution in [0.5, 0.6) is 0 Å². The van der Waals surface area contributed by atoms with Gasteiger partial charge in [-0.05, 0) is 38.0 Å². The lowest BCUT2D eigenvalue weighted by Crippen LogP contribution is -2.31. The Hall–Kier alpha value is -3.09. The maximum absolute atomic E-state index is 12.4. The molecule has 7 heteroatoms. The average molecular weight is 368 g/mol. The SMILES string of the molecule is CCOC(=O)C1C/C=C/CC(C=O)c2ncc([nH]2)-c2ccc(NC)cc2N1. The molecular formula is C20H24N4O3. The lowest BCUT2D eigenvalue weighted by atomic mass is 10.0. The van der Waals surface area contributed by atoms with E-state index < -0.39 is 6.04 Å². The van der Waals surface area contributed by atoms with Crippen molar-refractivity contribution >= 4 is 23.6 Å². The van der Waals surface area contributed by atoms with E-state index in [1.807, 2.05) is 37.4 Å². The number of imidazole rings is 1. The number of nitrogens with one attached hydrogen (secondary N) is 3. The summed E-state index contributed by atoms with van der Waals surface area (Å²) in [6, 6.07) is 5.31. The van der Waals surface area contributed by atoms with Crippen LogP contribution in [0.25, 0.3) is 11.3 Å². The van der Waals surface area contributed by atoms with E-state index in [4.69, 9.17) is 4.74 Å². The molecule has 1 aromatic carbocycles. The van der Waals surface area contributed by atoms with Crippen LogP contribution in [0.3, 0.4) is 0 Å². The number of H-pyrrole nitrogens is 1. The third kappa shape index (κ3) is 4.19. The first-order valence-electron chi connectivity index (χ1n) is 9.06. The highest BCUT2D eigenvalue weighted by Crippen LogP contribution is 2.32. The second-order valence-corrected chi connectivity index (χ2v) is 6.33. The maximum Gasteiger partial charge on any atom is 0.328 e. The van der Waals surface area contributed by atoms with Gasteiger partial charge in [0.15, 0.2) is 0 Å². The summed E-state index contributed by atoms with van der Waals surface area (Å²) in [5.41, 5.74) is 3.36. The van der Waals surface area contributed by atoms with Crippen LogP contribution in [-0.2, 0) is 14.3 Å². The summed E-state index contributed by atoms with van der Waals surface area (Å²) in [5, 5.41) is 6.42. The third-order valence-electron chi connectivity index (χ3n) is 4.54. The van der Waals surface area contributed by atoms with Gasteiger partial charge in [0.2, 0.25) is 0 Å². The van der Waals surface area contributed by atoms with Crippen LogP contribution in [-0.4, -0.2) is 41.9 Å². The topological polar surface area (TPSA) is 96.1 Å². The number of benzene rings is 1. The molecule has 3 rings (SSSR count). The third-order valence-corrected chi connectivity index (χ3v) is 4.54. The number of aldehydes is 1. The van der Waals surface area contributed by atoms with Crippen molar-refractivity contribution in [3.05, 3.63) is 42.4 Å². The molecule has 0 radical (unpaired) electrons. The number of carbonyl (C=O) groups excluding carboxylic acids is 2. The Labute approximate surface area is 158 Å². The van der Waals surface area contributed by atoms with E-state index in [2.05, 4.69) is 20.6 Å². The number of aromatic amines is 1. The van der Waals surface area contributed by atoms with Crippen molar-refractivity contribution in [3.63, 3.8) is 0 Å². The van der Waals surface area contributed by atoms with Gasteiger partial charge in [-0.1, -0.05) is 12.2 Å². The van der Waals surface area contributed by atoms with Crippen LogP contribution >= 0.6 is 0 Å². The first-order valence-corrected chi connectivity index (χ1v) is 9.06. The first kappa shape index (κ1) is 18.7. The molecule has 2 heterocycles. The van der Waals surface area contributed by atoms with E-state index in [0.717, 1.165) is 28.9 Å². The molecule has 0 fully saturated rings. The fourth-order valence-electron chi connectivity index (χ4n) is 3.07. The second-order valence-electron chi connectivity index (χ2n) is 6.33. The molecule has 1 aliphatic rings. The number of rotatable bonds is 4. The maximum atomic E-state index is 12.4. The monoisotopic (exact) mass is 368 g/mol. The van der Waals surface area contributed by atoms with Gasteiger partial charge in [-0.15, -0.1) is 0 Å². The highest BCUT2D eigenvalue weighted by Gasteiger charge is 2.22. The summed E-state index contributed by atoms with van der Waals surface area (Å²) in [7, 11) is 1.84. The summed E-state index contributed by atoms with van der Waals surface area (Å²) < 4.78 is 5.22. The molecule has 1 aromatic heterocycles. The molecule has 0 amide bonds. The van der Waals surface area contributed by atoms with Crippen molar-refractivity contribution < 1.29 is 14.3 Å². The van der Waals surface area contributed by atoms with Crippen molar-refractivity contribution in [1.82, 2.24) is 9.97 Å². The van der Waals surface area contributed by atoms with Gasteiger partial charge in [-0.3, -0.25) is 0 Å². The summed E-state index contributed by atoms with van der Waals surface area (Å²) in [4.78, 5) is 31.5. The van der Waals surface area contributed by atoms with E-state index in [0.29, 0.717) is 25.3 Å². The number of fused-ring (bicyclic) bond motifs is 4. The second kappa shape index (κ2) is 8.53. The minimum Gasteiger partial charge on any atom is -0.464 e. The lowest BCUT2D eigenvalue weighted by Gasteiger charge is -2.20. The van der Waals surface area contributed by atoms with Crippen molar-refractivity contribution in [2.75, 3.05) is 24.3 Å². The van der Waals surface area contributed by atoms with Gasteiger partial charge < -0.3 is 25.1 Å². The molecule has 142 valence electrons. The summed E-state index contributed by atoms with van der Waals surface area (Å²) in [6.07, 6.45) is 7.40. The van der Waals surface area contributed by atoms with E-state index in [9.17, 15) is 9.59 Å². The quantitative estimate of drug-likeness (QED) is 0.436. The Bertz CT molecular complexity index is 844. The van der Waals surface area contributed by atoms with Crippen LogP contribution in [0, 0.1) is 0 Å². The number of hydrogen-bond donors (Lipinski definition) is 3. The molecule has 2 unspecified atom stereocenters. The molecule has 1 aliphatic heterocycles. The molecule has 7 nitrogen and oxygen atoms in total. The van der Waals surface area contributed by atoms with Crippen LogP contribution in [0.15, 0.2) is 36.5 Å². The minimum absolute atomic E-state index is 0.308. The first-order chi connectivity index (χ1) is 13.2. The normalized spacial score (nSPS) is 20.2. The fraction of sp³-hybridized carbons (Fsp3) is 0.350. The predicted molar refractivity (Wildman–Crippen MR) is 105 cm³/mol. The number of hydrogen-bond acceptors (Lipinski definition) is 6. The molecule has 27 heavy (non-hydrogen) atoms. The van der Waals surface area contributed by atoms with Crippen molar-refractivity contribution in [3.8, 4) is 11.3 Å². The van der Waals surface area contributed by atoms with Gasteiger partial charge in [0.1, 0.15) is 18.2 Å². The molecule has 3 N–H and O–H groups in total. The molecule has 2 atom stereocenters. The number of carbonyl (C=O) groups is 2. The van der Waals surface area contributed by atoms with E-state index in [1.54, 1.807) is 13.1 Å². The Morgan fingerprint density at radius 1 is 1.37 bits per heavy atom. The molecule has 0 saturated heterocycles. The molecular weight excluding hydrogens is 344 g/mol. The Balaban J connectivity index is 2.07. The van der Waals surface area contributed by atoms with Crippen molar-refractivity contribution in [2.24, 2.45) is 0 Å². The van der Waals surface area contributed by atoms with Gasteiger partial charge in [-0.25, -0.2) is 9.78 Å². The Morgan fingerprint density at radius 3 is 2.93 bits per heavy atom. The number of allylic oxidation sites excluding steroid dienone is 1. The zero-order valence-electron chi connectivity index (χ0n) is 15.5. The smallest absolute Gasteiger partial charge is 0.328 e. The van der Waals surface area contributed by atoms with E-state index in [1.165, 1.54) is 0 Å². The molecule has 0 saturated carbocycles. The number of nitrogens with zero attached hydrogens (tertiary/aromatic N) is 1. The number of esters is 1. The molecule has 0 spiro atoms. The largest absolute Gasteiger partial charge is 0.464 e. The summed E-state index contributed by atoms with van der Waals surface area (Å²) in [5.74, 6) is -0.0171. The van der Waals surface area contributed by atoms with Gasteiger partial charge in [0, 0.05) is 24.0 Å². The van der Waals surface area contributed by atoms with Crippen LogP contribution in [0.1, 0.15) is 31.5 Å². The minimum atomic E-state index is -0.524. The van der Waals surface area contributed by atoms with Crippen LogP contribution in [0.4, 0.5) is 11.4 Å². The van der Waals surface area contributed by atoms with Crippen LogP contribution in [0.2, 0.25) is 0 Å². The number of ether oxygens (including phenoxy) is 1. The fourth-order valence-corrected chi connectivity index (χ4v) is 3.07. The zero-order valence-corrected chi connectivity index (χ0v) is 15.5. The summed E-state index contributed by atoms with van der Waals surface area (Å²) in [6.45, 7) is 2.11. The van der Waals surface area contributed by atoms with Crippen molar-refractivity contribution in [1.29, 1.82) is 0 Å². The molecule has 0 aliphatic carbocycles. The van der Waals surface area contributed by atoms with Crippen LogP contribution < -0.4 is 10.6 Å². The predicted octanol–water partition coefficient (Wildman–Crippen LogP) is 3.09. The van der Waals surface area contributed by atoms with Gasteiger partial charge in [0.25, 0.3) is 0 Å². The number of anilines is 2. The Kier molecular flexibility index (Phi) is 5.90.